The number of carbonyl (C=O) groups is 1. The van der Waals surface area contributed by atoms with E-state index in [0.29, 0.717) is 11.1 Å². The SMILES string of the molecule is Cn1c([O-])c(C(c2ccc(Br)cc2)C(C(=O)c2ccncc2)[n+]2ccccc2)c(=O)n(C)c1=O. The molecule has 8 nitrogen and oxygen atoms in total. The minimum absolute atomic E-state index is 0.157. The van der Waals surface area contributed by atoms with Crippen LogP contribution in [-0.4, -0.2) is 19.9 Å². The Hall–Kier alpha value is -3.85. The molecule has 0 saturated heterocycles. The molecule has 1 aromatic carbocycles. The molecule has 3 aromatic heterocycles. The molecule has 0 aliphatic heterocycles. The lowest BCUT2D eigenvalue weighted by atomic mass is 9.82. The van der Waals surface area contributed by atoms with Crippen LogP contribution in [0.3, 0.4) is 0 Å². The highest BCUT2D eigenvalue weighted by Crippen LogP contribution is 2.36. The number of ketones is 1. The quantitative estimate of drug-likeness (QED) is 0.285. The van der Waals surface area contributed by atoms with Crippen LogP contribution in [0.15, 0.2) is 93.4 Å². The Morgan fingerprint density at radius 2 is 1.59 bits per heavy atom. The van der Waals surface area contributed by atoms with Crippen LogP contribution in [0.2, 0.25) is 0 Å². The Kier molecular flexibility index (Phi) is 6.56. The molecule has 4 rings (SSSR count). The summed E-state index contributed by atoms with van der Waals surface area (Å²) < 4.78 is 4.27. The van der Waals surface area contributed by atoms with E-state index >= 15 is 0 Å². The highest BCUT2D eigenvalue weighted by Gasteiger charge is 2.41. The molecule has 172 valence electrons. The highest BCUT2D eigenvalue weighted by atomic mass is 79.9. The van der Waals surface area contributed by atoms with Crippen LogP contribution >= 0.6 is 15.9 Å². The summed E-state index contributed by atoms with van der Waals surface area (Å²) in [6.45, 7) is 0. The summed E-state index contributed by atoms with van der Waals surface area (Å²) in [5.74, 6) is -2.01. The molecule has 0 saturated carbocycles. The van der Waals surface area contributed by atoms with Gasteiger partial charge in [0.05, 0.1) is 5.92 Å². The van der Waals surface area contributed by atoms with Crippen molar-refractivity contribution in [1.29, 1.82) is 0 Å². The van der Waals surface area contributed by atoms with Crippen molar-refractivity contribution in [1.82, 2.24) is 14.1 Å². The molecular formula is C25H21BrN4O4. The maximum atomic E-state index is 13.9. The number of nitrogens with zero attached hydrogens (tertiary/aromatic N) is 4. The van der Waals surface area contributed by atoms with Crippen molar-refractivity contribution in [3.8, 4) is 5.88 Å². The van der Waals surface area contributed by atoms with Gasteiger partial charge in [-0.2, -0.15) is 4.57 Å². The largest absolute Gasteiger partial charge is 0.860 e. The van der Waals surface area contributed by atoms with E-state index < -0.39 is 29.1 Å². The first-order valence-corrected chi connectivity index (χ1v) is 11.2. The average molecular weight is 521 g/mol. The van der Waals surface area contributed by atoms with E-state index in [1.165, 1.54) is 26.5 Å². The second-order valence-electron chi connectivity index (χ2n) is 7.82. The fraction of sp³-hybridized carbons (Fsp3) is 0.160. The molecule has 0 N–H and O–H groups in total. The molecular weight excluding hydrogens is 500 g/mol. The third kappa shape index (κ3) is 4.22. The molecule has 2 atom stereocenters. The van der Waals surface area contributed by atoms with Crippen molar-refractivity contribution in [2.45, 2.75) is 12.0 Å². The first-order valence-electron chi connectivity index (χ1n) is 10.4. The molecule has 2 unspecified atom stereocenters. The minimum Gasteiger partial charge on any atom is -0.860 e. The molecule has 0 amide bonds. The van der Waals surface area contributed by atoms with Gasteiger partial charge >= 0.3 is 5.69 Å². The Morgan fingerprint density at radius 1 is 0.971 bits per heavy atom. The normalized spacial score (nSPS) is 12.8. The summed E-state index contributed by atoms with van der Waals surface area (Å²) in [6, 6.07) is 14.6. The van der Waals surface area contributed by atoms with Crippen molar-refractivity contribution in [2.24, 2.45) is 14.1 Å². The first-order chi connectivity index (χ1) is 16.3. The van der Waals surface area contributed by atoms with Crippen LogP contribution in [0, 0.1) is 0 Å². The summed E-state index contributed by atoms with van der Waals surface area (Å²) >= 11 is 3.41. The highest BCUT2D eigenvalue weighted by molar-refractivity contribution is 9.10. The maximum Gasteiger partial charge on any atom is 0.329 e. The van der Waals surface area contributed by atoms with Crippen LogP contribution in [0.5, 0.6) is 5.88 Å². The standard InChI is InChI=1S/C25H21BrN4O4/c1-28-23(32)20(24(33)29(2)25(28)34)19(16-6-8-18(26)9-7-16)21(30-14-4-3-5-15-30)22(31)17-10-12-27-13-11-17/h3-15,19,21H,1-2H3. The summed E-state index contributed by atoms with van der Waals surface area (Å²) in [7, 11) is 2.64. The zero-order valence-corrected chi connectivity index (χ0v) is 20.0. The lowest BCUT2D eigenvalue weighted by molar-refractivity contribution is -0.710. The molecule has 0 spiro atoms. The van der Waals surface area contributed by atoms with Crippen LogP contribution in [0.1, 0.15) is 33.4 Å². The minimum atomic E-state index is -0.984. The summed E-state index contributed by atoms with van der Waals surface area (Å²) in [4.78, 5) is 43.7. The fourth-order valence-electron chi connectivity index (χ4n) is 4.04. The van der Waals surface area contributed by atoms with E-state index in [9.17, 15) is 19.5 Å². The lowest BCUT2D eigenvalue weighted by Crippen LogP contribution is -2.50. The number of hydrogen-bond acceptors (Lipinski definition) is 5. The van der Waals surface area contributed by atoms with Crippen LogP contribution in [0.4, 0.5) is 0 Å². The van der Waals surface area contributed by atoms with Gasteiger partial charge < -0.3 is 9.67 Å². The van der Waals surface area contributed by atoms with E-state index in [0.717, 1.165) is 13.6 Å². The third-order valence-corrected chi connectivity index (χ3v) is 6.32. The maximum absolute atomic E-state index is 13.9. The summed E-state index contributed by atoms with van der Waals surface area (Å²) in [5, 5.41) is 13.3. The van der Waals surface area contributed by atoms with Crippen LogP contribution in [0.25, 0.3) is 0 Å². The van der Waals surface area contributed by atoms with E-state index in [-0.39, 0.29) is 11.3 Å². The third-order valence-electron chi connectivity index (χ3n) is 5.79. The second kappa shape index (κ2) is 9.56. The molecule has 9 heteroatoms. The smallest absolute Gasteiger partial charge is 0.329 e. The zero-order chi connectivity index (χ0) is 24.4. The Labute approximate surface area is 203 Å². The van der Waals surface area contributed by atoms with Crippen molar-refractivity contribution >= 4 is 21.7 Å². The van der Waals surface area contributed by atoms with Gasteiger partial charge in [-0.3, -0.25) is 19.1 Å². The Morgan fingerprint density at radius 3 is 2.21 bits per heavy atom. The zero-order valence-electron chi connectivity index (χ0n) is 18.5. The predicted molar refractivity (Wildman–Crippen MR) is 127 cm³/mol. The number of benzene rings is 1. The van der Waals surface area contributed by atoms with Crippen molar-refractivity contribution in [3.63, 3.8) is 0 Å². The van der Waals surface area contributed by atoms with E-state index in [2.05, 4.69) is 20.9 Å². The Bertz CT molecular complexity index is 1450. The van der Waals surface area contributed by atoms with Crippen molar-refractivity contribution in [3.05, 3.63) is 121 Å². The number of pyridine rings is 2. The van der Waals surface area contributed by atoms with E-state index in [4.69, 9.17) is 0 Å². The van der Waals surface area contributed by atoms with Gasteiger partial charge in [-0.25, -0.2) is 4.79 Å². The summed E-state index contributed by atoms with van der Waals surface area (Å²) in [6.07, 6.45) is 6.46. The predicted octanol–water partition coefficient (Wildman–Crippen LogP) is 1.86. The molecule has 0 fully saturated rings. The van der Waals surface area contributed by atoms with Gasteiger partial charge in [0.25, 0.3) is 5.56 Å². The molecule has 34 heavy (non-hydrogen) atoms. The Balaban J connectivity index is 2.08. The van der Waals surface area contributed by atoms with Gasteiger partial charge in [-0.15, -0.1) is 0 Å². The topological polar surface area (TPSA) is 101 Å². The van der Waals surface area contributed by atoms with E-state index in [1.54, 1.807) is 65.5 Å². The van der Waals surface area contributed by atoms with Gasteiger partial charge in [-0.1, -0.05) is 34.1 Å². The number of carbonyl (C=O) groups excluding carboxylic acids is 1. The lowest BCUT2D eigenvalue weighted by Gasteiger charge is -2.28. The summed E-state index contributed by atoms with van der Waals surface area (Å²) in [5.41, 5.74) is -0.647. The van der Waals surface area contributed by atoms with Crippen molar-refractivity contribution < 1.29 is 14.5 Å². The van der Waals surface area contributed by atoms with Gasteiger partial charge in [0, 0.05) is 54.2 Å². The molecule has 3 heterocycles. The second-order valence-corrected chi connectivity index (χ2v) is 8.74. The van der Waals surface area contributed by atoms with Crippen LogP contribution in [-0.2, 0) is 14.1 Å². The molecule has 0 aliphatic carbocycles. The number of rotatable bonds is 6. The van der Waals surface area contributed by atoms with Gasteiger partial charge in [0.15, 0.2) is 12.4 Å². The van der Waals surface area contributed by atoms with E-state index in [1.807, 2.05) is 6.07 Å². The molecule has 0 radical (unpaired) electrons. The van der Waals surface area contributed by atoms with Crippen molar-refractivity contribution in [2.75, 3.05) is 0 Å². The van der Waals surface area contributed by atoms with Gasteiger partial charge in [-0.05, 0) is 35.7 Å². The molecule has 0 aliphatic rings. The number of aromatic nitrogens is 4. The van der Waals surface area contributed by atoms with Gasteiger partial charge in [0.2, 0.25) is 11.8 Å². The molecule has 0 bridgehead atoms. The van der Waals surface area contributed by atoms with Gasteiger partial charge in [0.1, 0.15) is 0 Å². The number of halogens is 1. The average Bonchev–Trinajstić information content (AvgIpc) is 2.87. The number of hydrogen-bond donors (Lipinski definition) is 0. The fourth-order valence-corrected chi connectivity index (χ4v) is 4.30. The first kappa shape index (κ1) is 23.3. The monoisotopic (exact) mass is 520 g/mol. The number of Topliss-reactive ketones (excluding diaryl/α,β-unsaturated/α-hetero) is 1. The van der Waals surface area contributed by atoms with Crippen LogP contribution < -0.4 is 20.9 Å². The molecule has 4 aromatic rings.